The monoisotopic (exact) mass is 454 g/mol. The van der Waals surface area contributed by atoms with E-state index in [0.717, 1.165) is 31.2 Å². The maximum absolute atomic E-state index is 13.9. The quantitative estimate of drug-likeness (QED) is 0.510. The van der Waals surface area contributed by atoms with Crippen LogP contribution < -0.4 is 10.2 Å². The first kappa shape index (κ1) is 22.1. The van der Waals surface area contributed by atoms with Crippen LogP contribution in [0.15, 0.2) is 65.3 Å². The van der Waals surface area contributed by atoms with Gasteiger partial charge in [0.15, 0.2) is 5.76 Å². The fourth-order valence-corrected chi connectivity index (χ4v) is 4.23. The van der Waals surface area contributed by atoms with Crippen molar-refractivity contribution in [2.75, 3.05) is 4.90 Å². The zero-order valence-electron chi connectivity index (χ0n) is 17.7. The van der Waals surface area contributed by atoms with Gasteiger partial charge < -0.3 is 9.73 Å². The first-order valence-electron chi connectivity index (χ1n) is 10.6. The summed E-state index contributed by atoms with van der Waals surface area (Å²) in [5.74, 6) is -1.37. The number of amides is 2. The van der Waals surface area contributed by atoms with Crippen molar-refractivity contribution in [3.05, 3.63) is 88.6 Å². The lowest BCUT2D eigenvalue weighted by Gasteiger charge is -2.32. The van der Waals surface area contributed by atoms with E-state index in [2.05, 4.69) is 5.32 Å². The highest BCUT2D eigenvalue weighted by molar-refractivity contribution is 6.31. The number of anilines is 1. The highest BCUT2D eigenvalue weighted by Gasteiger charge is 2.36. The highest BCUT2D eigenvalue weighted by Crippen LogP contribution is 2.33. The van der Waals surface area contributed by atoms with Crippen molar-refractivity contribution in [3.8, 4) is 0 Å². The smallest absolute Gasteiger partial charge is 0.294 e. The molecule has 166 valence electrons. The van der Waals surface area contributed by atoms with Gasteiger partial charge in [0.2, 0.25) is 5.91 Å². The molecule has 5 nitrogen and oxygen atoms in total. The molecule has 1 saturated carbocycles. The summed E-state index contributed by atoms with van der Waals surface area (Å²) < 4.78 is 19.2. The van der Waals surface area contributed by atoms with Crippen molar-refractivity contribution in [1.82, 2.24) is 5.32 Å². The summed E-state index contributed by atoms with van der Waals surface area (Å²) in [6, 6.07) is 13.6. The summed E-state index contributed by atoms with van der Waals surface area (Å²) in [6.07, 6.45) is 5.32. The minimum Gasteiger partial charge on any atom is -0.459 e. The first-order valence-corrected chi connectivity index (χ1v) is 11.0. The average molecular weight is 455 g/mol. The summed E-state index contributed by atoms with van der Waals surface area (Å²) in [5, 5.41) is 2.96. The predicted octanol–water partition coefficient (Wildman–Crippen LogP) is 5.83. The second-order valence-electron chi connectivity index (χ2n) is 8.05. The maximum atomic E-state index is 13.9. The van der Waals surface area contributed by atoms with E-state index in [1.54, 1.807) is 6.07 Å². The van der Waals surface area contributed by atoms with Crippen LogP contribution in [0.5, 0.6) is 0 Å². The van der Waals surface area contributed by atoms with Gasteiger partial charge in [-0.05, 0) is 55.7 Å². The van der Waals surface area contributed by atoms with Gasteiger partial charge >= 0.3 is 0 Å². The summed E-state index contributed by atoms with van der Waals surface area (Å²) in [6.45, 7) is 1.95. The van der Waals surface area contributed by atoms with Crippen LogP contribution in [-0.2, 0) is 4.79 Å². The number of benzene rings is 2. The molecule has 1 heterocycles. The Hall–Kier alpha value is -3.12. The molecule has 1 fully saturated rings. The van der Waals surface area contributed by atoms with E-state index in [1.807, 2.05) is 31.2 Å². The van der Waals surface area contributed by atoms with E-state index in [0.29, 0.717) is 11.3 Å². The molecule has 3 aromatic rings. The summed E-state index contributed by atoms with van der Waals surface area (Å²) >= 11 is 6.04. The molecule has 0 radical (unpaired) electrons. The third-order valence-electron chi connectivity index (χ3n) is 5.73. The van der Waals surface area contributed by atoms with E-state index < -0.39 is 17.8 Å². The highest BCUT2D eigenvalue weighted by atomic mass is 35.5. The van der Waals surface area contributed by atoms with E-state index >= 15 is 0 Å². The molecule has 2 aromatic carbocycles. The lowest BCUT2D eigenvalue weighted by atomic mass is 10.0. The maximum Gasteiger partial charge on any atom is 0.294 e. The minimum absolute atomic E-state index is 0.0628. The Labute approximate surface area is 191 Å². The van der Waals surface area contributed by atoms with Gasteiger partial charge in [-0.2, -0.15) is 0 Å². The second-order valence-corrected chi connectivity index (χ2v) is 8.46. The molecule has 2 amide bonds. The molecular formula is C25H24ClFN2O3. The van der Waals surface area contributed by atoms with Crippen molar-refractivity contribution >= 4 is 29.1 Å². The van der Waals surface area contributed by atoms with E-state index in [4.69, 9.17) is 16.0 Å². The molecule has 1 aromatic heterocycles. The number of carbonyl (C=O) groups is 2. The van der Waals surface area contributed by atoms with Crippen LogP contribution >= 0.6 is 11.6 Å². The van der Waals surface area contributed by atoms with Gasteiger partial charge in [0.1, 0.15) is 11.9 Å². The number of nitrogens with one attached hydrogen (secondary N) is 1. The number of furan rings is 1. The molecule has 0 bridgehead atoms. The van der Waals surface area contributed by atoms with E-state index in [9.17, 15) is 14.0 Å². The molecule has 1 N–H and O–H groups in total. The molecule has 1 atom stereocenters. The normalized spacial score (nSPS) is 14.8. The Morgan fingerprint density at radius 3 is 2.47 bits per heavy atom. The van der Waals surface area contributed by atoms with Gasteiger partial charge in [-0.25, -0.2) is 4.39 Å². The van der Waals surface area contributed by atoms with E-state index in [-0.39, 0.29) is 22.7 Å². The molecule has 4 rings (SSSR count). The van der Waals surface area contributed by atoms with Crippen molar-refractivity contribution in [2.45, 2.75) is 44.7 Å². The van der Waals surface area contributed by atoms with Gasteiger partial charge in [-0.3, -0.25) is 14.5 Å². The van der Waals surface area contributed by atoms with Crippen LogP contribution in [0.2, 0.25) is 5.02 Å². The number of carbonyl (C=O) groups excluding carboxylic acids is 2. The number of hydrogen-bond donors (Lipinski definition) is 1. The third-order valence-corrected chi connectivity index (χ3v) is 6.02. The summed E-state index contributed by atoms with van der Waals surface area (Å²) in [4.78, 5) is 28.4. The standard InChI is InChI=1S/C25H24ClFN2O3/c1-16-8-10-17(11-9-16)23(24(30)28-18-5-2-3-6-18)29(25(31)22-7-4-14-32-22)19-12-13-21(27)20(26)15-19/h4,7-15,18,23H,2-3,5-6H2,1H3,(H,28,30). The largest absolute Gasteiger partial charge is 0.459 e. The van der Waals surface area contributed by atoms with Crippen molar-refractivity contribution in [3.63, 3.8) is 0 Å². The van der Waals surface area contributed by atoms with Gasteiger partial charge in [-0.1, -0.05) is 54.3 Å². The zero-order chi connectivity index (χ0) is 22.7. The van der Waals surface area contributed by atoms with Crippen LogP contribution in [0.4, 0.5) is 10.1 Å². The lowest BCUT2D eigenvalue weighted by molar-refractivity contribution is -0.123. The van der Waals surface area contributed by atoms with Crippen molar-refractivity contribution < 1.29 is 18.4 Å². The molecule has 0 saturated heterocycles. The predicted molar refractivity (Wildman–Crippen MR) is 121 cm³/mol. The Balaban J connectivity index is 1.82. The average Bonchev–Trinajstić information content (AvgIpc) is 3.49. The van der Waals surface area contributed by atoms with Crippen LogP contribution in [0.25, 0.3) is 0 Å². The zero-order valence-corrected chi connectivity index (χ0v) is 18.4. The molecular weight excluding hydrogens is 431 g/mol. The number of halogens is 2. The topological polar surface area (TPSA) is 62.6 Å². The lowest BCUT2D eigenvalue weighted by Crippen LogP contribution is -2.46. The summed E-state index contributed by atoms with van der Waals surface area (Å²) in [7, 11) is 0. The molecule has 1 aliphatic rings. The molecule has 1 aliphatic carbocycles. The number of nitrogens with zero attached hydrogens (tertiary/aromatic N) is 1. The van der Waals surface area contributed by atoms with Gasteiger partial charge in [0.25, 0.3) is 5.91 Å². The fraction of sp³-hybridized carbons (Fsp3) is 0.280. The van der Waals surface area contributed by atoms with Crippen molar-refractivity contribution in [1.29, 1.82) is 0 Å². The van der Waals surface area contributed by atoms with Gasteiger partial charge in [-0.15, -0.1) is 0 Å². The molecule has 7 heteroatoms. The van der Waals surface area contributed by atoms with E-state index in [1.165, 1.54) is 35.4 Å². The molecule has 0 aliphatic heterocycles. The first-order chi connectivity index (χ1) is 15.4. The Kier molecular flexibility index (Phi) is 6.61. The molecule has 32 heavy (non-hydrogen) atoms. The van der Waals surface area contributed by atoms with Gasteiger partial charge in [0.05, 0.1) is 11.3 Å². The third kappa shape index (κ3) is 4.70. The Bertz CT molecular complexity index is 1090. The van der Waals surface area contributed by atoms with Crippen molar-refractivity contribution in [2.24, 2.45) is 0 Å². The van der Waals surface area contributed by atoms with Crippen LogP contribution in [0.1, 0.15) is 53.4 Å². The van der Waals surface area contributed by atoms with Gasteiger partial charge in [0, 0.05) is 11.7 Å². The summed E-state index contributed by atoms with van der Waals surface area (Å²) in [5.41, 5.74) is 1.95. The molecule has 0 spiro atoms. The molecule has 1 unspecified atom stereocenters. The Morgan fingerprint density at radius 1 is 1.12 bits per heavy atom. The number of aryl methyl sites for hydroxylation is 1. The SMILES string of the molecule is Cc1ccc(C(C(=O)NC2CCCC2)N(C(=O)c2ccco2)c2ccc(F)c(Cl)c2)cc1. The Morgan fingerprint density at radius 2 is 1.84 bits per heavy atom. The number of hydrogen-bond acceptors (Lipinski definition) is 3. The van der Waals surface area contributed by atoms with Crippen LogP contribution in [-0.4, -0.2) is 17.9 Å². The number of rotatable bonds is 6. The fourth-order valence-electron chi connectivity index (χ4n) is 4.05. The second kappa shape index (κ2) is 9.57. The van der Waals surface area contributed by atoms with Crippen LogP contribution in [0, 0.1) is 12.7 Å². The minimum atomic E-state index is -0.990. The van der Waals surface area contributed by atoms with Crippen LogP contribution in [0.3, 0.4) is 0 Å².